The zero-order chi connectivity index (χ0) is 11.9. The van der Waals surface area contributed by atoms with Gasteiger partial charge in [-0.15, -0.1) is 12.4 Å². The van der Waals surface area contributed by atoms with Crippen LogP contribution in [-0.2, 0) is 14.3 Å². The summed E-state index contributed by atoms with van der Waals surface area (Å²) in [7, 11) is 1.64. The number of hydrogen-bond acceptors (Lipinski definition) is 4. The Kier molecular flexibility index (Phi) is 8.51. The van der Waals surface area contributed by atoms with E-state index >= 15 is 0 Å². The van der Waals surface area contributed by atoms with E-state index < -0.39 is 0 Å². The van der Waals surface area contributed by atoms with Crippen LogP contribution in [0.5, 0.6) is 0 Å². The second-order valence-electron chi connectivity index (χ2n) is 4.35. The number of halogens is 1. The zero-order valence-corrected chi connectivity index (χ0v) is 11.4. The van der Waals surface area contributed by atoms with Gasteiger partial charge in [0.15, 0.2) is 0 Å². The molecule has 6 heteroatoms. The highest BCUT2D eigenvalue weighted by molar-refractivity contribution is 5.85. The fourth-order valence-electron chi connectivity index (χ4n) is 1.70. The maximum Gasteiger partial charge on any atom is 0.234 e. The number of hydrogen-bond donors (Lipinski definition) is 2. The number of carbonyl (C=O) groups excluding carboxylic acids is 1. The minimum Gasteiger partial charge on any atom is -0.383 e. The summed E-state index contributed by atoms with van der Waals surface area (Å²) in [6, 6.07) is 0. The average molecular weight is 267 g/mol. The summed E-state index contributed by atoms with van der Waals surface area (Å²) >= 11 is 0. The second kappa shape index (κ2) is 8.69. The van der Waals surface area contributed by atoms with Crippen LogP contribution >= 0.6 is 12.4 Å². The molecular formula is C11H23ClN2O3. The van der Waals surface area contributed by atoms with Gasteiger partial charge in [0.25, 0.3) is 0 Å². The molecule has 0 spiro atoms. The van der Waals surface area contributed by atoms with Crippen molar-refractivity contribution in [2.45, 2.75) is 25.4 Å². The minimum atomic E-state index is -0.164. The van der Waals surface area contributed by atoms with Crippen molar-refractivity contribution in [3.05, 3.63) is 0 Å². The van der Waals surface area contributed by atoms with E-state index in [0.717, 1.165) is 19.4 Å². The largest absolute Gasteiger partial charge is 0.383 e. The highest BCUT2D eigenvalue weighted by Gasteiger charge is 2.29. The quantitative estimate of drug-likeness (QED) is 0.652. The first-order valence-corrected chi connectivity index (χ1v) is 5.77. The molecule has 0 aromatic heterocycles. The van der Waals surface area contributed by atoms with E-state index in [1.165, 1.54) is 0 Å². The van der Waals surface area contributed by atoms with Gasteiger partial charge in [0.05, 0.1) is 18.8 Å². The van der Waals surface area contributed by atoms with Crippen molar-refractivity contribution in [2.75, 3.05) is 40.0 Å². The lowest BCUT2D eigenvalue weighted by Crippen LogP contribution is -2.43. The third-order valence-corrected chi connectivity index (χ3v) is 2.73. The van der Waals surface area contributed by atoms with Gasteiger partial charge in [0, 0.05) is 26.8 Å². The van der Waals surface area contributed by atoms with Crippen molar-refractivity contribution in [1.82, 2.24) is 10.6 Å². The first-order valence-electron chi connectivity index (χ1n) is 5.77. The van der Waals surface area contributed by atoms with E-state index in [1.54, 1.807) is 7.11 Å². The molecule has 17 heavy (non-hydrogen) atoms. The first kappa shape index (κ1) is 16.6. The standard InChI is InChI=1S/C11H22N2O3.ClH/c1-11(4-3-6-16-11)9-13-10(14)8-12-5-7-15-2;/h12H,3-9H2,1-2H3,(H,13,14);1H. The second-order valence-corrected chi connectivity index (χ2v) is 4.35. The SMILES string of the molecule is COCCNCC(=O)NCC1(C)CCCO1.Cl. The Bertz CT molecular complexity index is 221. The van der Waals surface area contributed by atoms with Gasteiger partial charge in [-0.3, -0.25) is 4.79 Å². The van der Waals surface area contributed by atoms with E-state index in [0.29, 0.717) is 26.2 Å². The van der Waals surface area contributed by atoms with Crippen molar-refractivity contribution < 1.29 is 14.3 Å². The van der Waals surface area contributed by atoms with Gasteiger partial charge in [0.1, 0.15) is 0 Å². The smallest absolute Gasteiger partial charge is 0.234 e. The molecular weight excluding hydrogens is 244 g/mol. The molecule has 0 aromatic carbocycles. The normalized spacial score (nSPS) is 23.2. The predicted octanol–water partition coefficient (Wildman–Crippen LogP) is 0.330. The third kappa shape index (κ3) is 6.83. The Morgan fingerprint density at radius 1 is 1.53 bits per heavy atom. The topological polar surface area (TPSA) is 59.6 Å². The fourth-order valence-corrected chi connectivity index (χ4v) is 1.70. The van der Waals surface area contributed by atoms with E-state index in [1.807, 2.05) is 6.92 Å². The summed E-state index contributed by atoms with van der Waals surface area (Å²) in [6.45, 7) is 5.08. The molecule has 102 valence electrons. The van der Waals surface area contributed by atoms with Crippen molar-refractivity contribution in [3.8, 4) is 0 Å². The summed E-state index contributed by atoms with van der Waals surface area (Å²) in [5.41, 5.74) is -0.164. The molecule has 0 aromatic rings. The molecule has 1 unspecified atom stereocenters. The van der Waals surface area contributed by atoms with Crippen LogP contribution < -0.4 is 10.6 Å². The van der Waals surface area contributed by atoms with E-state index in [9.17, 15) is 4.79 Å². The van der Waals surface area contributed by atoms with Gasteiger partial charge in [-0.1, -0.05) is 0 Å². The molecule has 2 N–H and O–H groups in total. The molecule has 1 saturated heterocycles. The lowest BCUT2D eigenvalue weighted by molar-refractivity contribution is -0.121. The summed E-state index contributed by atoms with van der Waals surface area (Å²) < 4.78 is 10.4. The van der Waals surface area contributed by atoms with Crippen molar-refractivity contribution in [3.63, 3.8) is 0 Å². The summed E-state index contributed by atoms with van der Waals surface area (Å²) in [5, 5.41) is 5.87. The zero-order valence-electron chi connectivity index (χ0n) is 10.6. The van der Waals surface area contributed by atoms with Crippen LogP contribution in [0.25, 0.3) is 0 Å². The van der Waals surface area contributed by atoms with Crippen molar-refractivity contribution >= 4 is 18.3 Å². The van der Waals surface area contributed by atoms with Crippen LogP contribution in [0, 0.1) is 0 Å². The number of nitrogens with one attached hydrogen (secondary N) is 2. The maximum atomic E-state index is 11.4. The summed E-state index contributed by atoms with van der Waals surface area (Å²) in [5.74, 6) is 0.00725. The third-order valence-electron chi connectivity index (χ3n) is 2.73. The number of amides is 1. The highest BCUT2D eigenvalue weighted by Crippen LogP contribution is 2.23. The number of methoxy groups -OCH3 is 1. The van der Waals surface area contributed by atoms with Crippen LogP contribution in [0.1, 0.15) is 19.8 Å². The number of carbonyl (C=O) groups is 1. The van der Waals surface area contributed by atoms with Crippen LogP contribution in [0.2, 0.25) is 0 Å². The Balaban J connectivity index is 0.00000256. The Hall–Kier alpha value is -0.360. The van der Waals surface area contributed by atoms with Crippen LogP contribution in [0.4, 0.5) is 0 Å². The molecule has 1 aliphatic rings. The first-order chi connectivity index (χ1) is 7.66. The van der Waals surface area contributed by atoms with Gasteiger partial charge in [-0.25, -0.2) is 0 Å². The molecule has 0 saturated carbocycles. The highest BCUT2D eigenvalue weighted by atomic mass is 35.5. The van der Waals surface area contributed by atoms with Crippen LogP contribution in [0.15, 0.2) is 0 Å². The van der Waals surface area contributed by atoms with Gasteiger partial charge in [0.2, 0.25) is 5.91 Å². The molecule has 0 radical (unpaired) electrons. The lowest BCUT2D eigenvalue weighted by Gasteiger charge is -2.23. The van der Waals surface area contributed by atoms with E-state index in [4.69, 9.17) is 9.47 Å². The molecule has 1 heterocycles. The van der Waals surface area contributed by atoms with Gasteiger partial charge < -0.3 is 20.1 Å². The molecule has 1 rings (SSSR count). The fraction of sp³-hybridized carbons (Fsp3) is 0.909. The number of ether oxygens (including phenoxy) is 2. The average Bonchev–Trinajstić information content (AvgIpc) is 2.70. The van der Waals surface area contributed by atoms with Crippen LogP contribution in [0.3, 0.4) is 0 Å². The van der Waals surface area contributed by atoms with Crippen molar-refractivity contribution in [1.29, 1.82) is 0 Å². The Morgan fingerprint density at radius 2 is 2.29 bits per heavy atom. The lowest BCUT2D eigenvalue weighted by atomic mass is 10.0. The number of rotatable bonds is 7. The molecule has 0 bridgehead atoms. The summed E-state index contributed by atoms with van der Waals surface area (Å²) in [4.78, 5) is 11.4. The van der Waals surface area contributed by atoms with Crippen LogP contribution in [-0.4, -0.2) is 51.5 Å². The molecule has 1 fully saturated rings. The molecule has 1 amide bonds. The molecule has 5 nitrogen and oxygen atoms in total. The Labute approximate surface area is 109 Å². The maximum absolute atomic E-state index is 11.4. The molecule has 1 atom stereocenters. The van der Waals surface area contributed by atoms with E-state index in [2.05, 4.69) is 10.6 Å². The minimum absolute atomic E-state index is 0. The molecule has 0 aliphatic carbocycles. The van der Waals surface area contributed by atoms with Crippen molar-refractivity contribution in [2.24, 2.45) is 0 Å². The monoisotopic (exact) mass is 266 g/mol. The van der Waals surface area contributed by atoms with Gasteiger partial charge in [-0.05, 0) is 19.8 Å². The Morgan fingerprint density at radius 3 is 2.88 bits per heavy atom. The van der Waals surface area contributed by atoms with Gasteiger partial charge in [-0.2, -0.15) is 0 Å². The molecule has 1 aliphatic heterocycles. The predicted molar refractivity (Wildman–Crippen MR) is 68.6 cm³/mol. The van der Waals surface area contributed by atoms with Gasteiger partial charge >= 0.3 is 0 Å². The van der Waals surface area contributed by atoms with E-state index in [-0.39, 0.29) is 23.9 Å². The summed E-state index contributed by atoms with van der Waals surface area (Å²) in [6.07, 6.45) is 2.10.